The van der Waals surface area contributed by atoms with Crippen LogP contribution in [-0.2, 0) is 11.3 Å². The summed E-state index contributed by atoms with van der Waals surface area (Å²) >= 11 is 0. The first-order valence-electron chi connectivity index (χ1n) is 5.69. The molecule has 2 heterocycles. The van der Waals surface area contributed by atoms with Gasteiger partial charge in [0.1, 0.15) is 5.82 Å². The van der Waals surface area contributed by atoms with Crippen LogP contribution in [0.2, 0.25) is 0 Å². The van der Waals surface area contributed by atoms with E-state index in [1.165, 1.54) is 6.07 Å². The van der Waals surface area contributed by atoms with E-state index in [1.54, 1.807) is 6.07 Å². The molecule has 0 amide bonds. The van der Waals surface area contributed by atoms with Crippen LogP contribution in [0, 0.1) is 5.82 Å². The molecule has 1 atom stereocenters. The van der Waals surface area contributed by atoms with E-state index in [-0.39, 0.29) is 5.82 Å². The van der Waals surface area contributed by atoms with Gasteiger partial charge in [0.25, 0.3) is 0 Å². The molecular weight excluding hydrogens is 205 g/mol. The van der Waals surface area contributed by atoms with Gasteiger partial charge < -0.3 is 9.30 Å². The SMILES string of the molecule is Fc1cccc2c1ccn2CC1CCCO1. The maximum atomic E-state index is 13.5. The summed E-state index contributed by atoms with van der Waals surface area (Å²) < 4.78 is 21.1. The summed E-state index contributed by atoms with van der Waals surface area (Å²) in [4.78, 5) is 0. The van der Waals surface area contributed by atoms with Crippen LogP contribution >= 0.6 is 0 Å². The monoisotopic (exact) mass is 219 g/mol. The Bertz CT molecular complexity index is 500. The molecule has 0 bridgehead atoms. The first-order valence-corrected chi connectivity index (χ1v) is 5.69. The van der Waals surface area contributed by atoms with Crippen LogP contribution in [0.25, 0.3) is 10.9 Å². The van der Waals surface area contributed by atoms with E-state index in [9.17, 15) is 4.39 Å². The lowest BCUT2D eigenvalue weighted by Crippen LogP contribution is -2.13. The fraction of sp³-hybridized carbons (Fsp3) is 0.385. The fourth-order valence-electron chi connectivity index (χ4n) is 2.35. The van der Waals surface area contributed by atoms with Gasteiger partial charge in [-0.2, -0.15) is 0 Å². The Labute approximate surface area is 93.6 Å². The zero-order chi connectivity index (χ0) is 11.0. The minimum atomic E-state index is -0.149. The molecule has 1 aliphatic heterocycles. The fourth-order valence-corrected chi connectivity index (χ4v) is 2.35. The lowest BCUT2D eigenvalue weighted by atomic mass is 10.2. The van der Waals surface area contributed by atoms with E-state index in [0.29, 0.717) is 11.5 Å². The number of hydrogen-bond donors (Lipinski definition) is 0. The number of fused-ring (bicyclic) bond motifs is 1. The number of halogens is 1. The number of hydrogen-bond acceptors (Lipinski definition) is 1. The molecule has 3 rings (SSSR count). The van der Waals surface area contributed by atoms with Crippen molar-refractivity contribution in [2.75, 3.05) is 6.61 Å². The third-order valence-corrected chi connectivity index (χ3v) is 3.18. The Balaban J connectivity index is 1.94. The molecule has 1 saturated heterocycles. The number of nitrogens with zero attached hydrogens (tertiary/aromatic N) is 1. The molecule has 16 heavy (non-hydrogen) atoms. The average molecular weight is 219 g/mol. The first kappa shape index (κ1) is 9.85. The van der Waals surface area contributed by atoms with E-state index in [0.717, 1.165) is 31.5 Å². The van der Waals surface area contributed by atoms with Crippen molar-refractivity contribution in [2.45, 2.75) is 25.5 Å². The van der Waals surface area contributed by atoms with Gasteiger partial charge in [0.05, 0.1) is 11.6 Å². The van der Waals surface area contributed by atoms with E-state index >= 15 is 0 Å². The highest BCUT2D eigenvalue weighted by Gasteiger charge is 2.16. The Morgan fingerprint density at radius 3 is 3.12 bits per heavy atom. The first-order chi connectivity index (χ1) is 7.84. The van der Waals surface area contributed by atoms with Crippen LogP contribution in [0.4, 0.5) is 4.39 Å². The minimum Gasteiger partial charge on any atom is -0.376 e. The summed E-state index contributed by atoms with van der Waals surface area (Å²) in [6, 6.07) is 7.04. The predicted molar refractivity (Wildman–Crippen MR) is 60.9 cm³/mol. The summed E-state index contributed by atoms with van der Waals surface area (Å²) in [5.74, 6) is -0.149. The second-order valence-electron chi connectivity index (χ2n) is 4.28. The number of aromatic nitrogens is 1. The molecule has 1 unspecified atom stereocenters. The molecule has 1 fully saturated rings. The Morgan fingerprint density at radius 2 is 2.31 bits per heavy atom. The van der Waals surface area contributed by atoms with Gasteiger partial charge in [-0.05, 0) is 31.0 Å². The van der Waals surface area contributed by atoms with Crippen LogP contribution < -0.4 is 0 Å². The molecule has 1 aromatic heterocycles. The Hall–Kier alpha value is -1.35. The second kappa shape index (κ2) is 3.91. The molecule has 2 aromatic rings. The maximum absolute atomic E-state index is 13.5. The zero-order valence-electron chi connectivity index (χ0n) is 9.03. The summed E-state index contributed by atoms with van der Waals surface area (Å²) in [6.45, 7) is 1.69. The molecular formula is C13H14FNO. The zero-order valence-corrected chi connectivity index (χ0v) is 9.03. The van der Waals surface area contributed by atoms with Gasteiger partial charge in [-0.3, -0.25) is 0 Å². The van der Waals surface area contributed by atoms with Gasteiger partial charge in [0, 0.05) is 24.7 Å². The number of ether oxygens (including phenoxy) is 1. The molecule has 0 N–H and O–H groups in total. The quantitative estimate of drug-likeness (QED) is 0.757. The summed E-state index contributed by atoms with van der Waals surface area (Å²) in [7, 11) is 0. The molecule has 84 valence electrons. The van der Waals surface area contributed by atoms with Gasteiger partial charge in [0.2, 0.25) is 0 Å². The van der Waals surface area contributed by atoms with Crippen molar-refractivity contribution in [3.63, 3.8) is 0 Å². The molecule has 3 heteroatoms. The lowest BCUT2D eigenvalue weighted by Gasteiger charge is -2.11. The highest BCUT2D eigenvalue weighted by Crippen LogP contribution is 2.21. The molecule has 0 spiro atoms. The Kier molecular flexibility index (Phi) is 2.40. The van der Waals surface area contributed by atoms with Crippen LogP contribution in [0.3, 0.4) is 0 Å². The van der Waals surface area contributed by atoms with Crippen LogP contribution in [-0.4, -0.2) is 17.3 Å². The van der Waals surface area contributed by atoms with Crippen molar-refractivity contribution in [2.24, 2.45) is 0 Å². The Morgan fingerprint density at radius 1 is 1.38 bits per heavy atom. The van der Waals surface area contributed by atoms with Gasteiger partial charge in [0.15, 0.2) is 0 Å². The highest BCUT2D eigenvalue weighted by molar-refractivity contribution is 5.80. The van der Waals surface area contributed by atoms with E-state index in [1.807, 2.05) is 18.3 Å². The average Bonchev–Trinajstić information content (AvgIpc) is 2.90. The minimum absolute atomic E-state index is 0.149. The highest BCUT2D eigenvalue weighted by atomic mass is 19.1. The van der Waals surface area contributed by atoms with Crippen molar-refractivity contribution in [1.82, 2.24) is 4.57 Å². The van der Waals surface area contributed by atoms with Crippen LogP contribution in [0.5, 0.6) is 0 Å². The van der Waals surface area contributed by atoms with E-state index in [4.69, 9.17) is 4.74 Å². The molecule has 2 nitrogen and oxygen atoms in total. The molecule has 1 aromatic carbocycles. The second-order valence-corrected chi connectivity index (χ2v) is 4.28. The number of benzene rings is 1. The maximum Gasteiger partial charge on any atom is 0.132 e. The smallest absolute Gasteiger partial charge is 0.132 e. The largest absolute Gasteiger partial charge is 0.376 e. The van der Waals surface area contributed by atoms with Crippen molar-refractivity contribution in [3.05, 3.63) is 36.3 Å². The van der Waals surface area contributed by atoms with Crippen LogP contribution in [0.1, 0.15) is 12.8 Å². The topological polar surface area (TPSA) is 14.2 Å². The normalized spacial score (nSPS) is 20.7. The van der Waals surface area contributed by atoms with Crippen molar-refractivity contribution >= 4 is 10.9 Å². The molecule has 0 radical (unpaired) electrons. The van der Waals surface area contributed by atoms with Crippen molar-refractivity contribution in [3.8, 4) is 0 Å². The summed E-state index contributed by atoms with van der Waals surface area (Å²) in [5.41, 5.74) is 0.954. The van der Waals surface area contributed by atoms with Gasteiger partial charge in [-0.25, -0.2) is 4.39 Å². The third-order valence-electron chi connectivity index (χ3n) is 3.18. The van der Waals surface area contributed by atoms with Crippen molar-refractivity contribution < 1.29 is 9.13 Å². The standard InChI is InChI=1S/C13H14FNO/c14-12-4-1-5-13-11(12)6-7-15(13)9-10-3-2-8-16-10/h1,4-7,10H,2-3,8-9H2. The molecule has 0 aliphatic carbocycles. The van der Waals surface area contributed by atoms with Crippen molar-refractivity contribution in [1.29, 1.82) is 0 Å². The van der Waals surface area contributed by atoms with Crippen LogP contribution in [0.15, 0.2) is 30.5 Å². The predicted octanol–water partition coefficient (Wildman–Crippen LogP) is 2.96. The lowest BCUT2D eigenvalue weighted by molar-refractivity contribution is 0.0980. The summed E-state index contributed by atoms with van der Waals surface area (Å²) in [5, 5.41) is 0.695. The van der Waals surface area contributed by atoms with Gasteiger partial charge in [-0.15, -0.1) is 0 Å². The van der Waals surface area contributed by atoms with Gasteiger partial charge >= 0.3 is 0 Å². The molecule has 0 saturated carbocycles. The summed E-state index contributed by atoms with van der Waals surface area (Å²) in [6.07, 6.45) is 4.47. The third kappa shape index (κ3) is 1.61. The molecule has 1 aliphatic rings. The van der Waals surface area contributed by atoms with E-state index in [2.05, 4.69) is 4.57 Å². The number of rotatable bonds is 2. The van der Waals surface area contributed by atoms with Gasteiger partial charge in [-0.1, -0.05) is 6.07 Å². The van der Waals surface area contributed by atoms with E-state index < -0.39 is 0 Å².